The predicted molar refractivity (Wildman–Crippen MR) is 85.7 cm³/mol. The minimum Gasteiger partial charge on any atom is -0.494 e. The smallest absolute Gasteiger partial charge is 0.231 e. The second-order valence-corrected chi connectivity index (χ2v) is 5.29. The summed E-state index contributed by atoms with van der Waals surface area (Å²) in [4.78, 5) is 0. The highest BCUT2D eigenvalue weighted by Gasteiger charge is 2.18. The first-order valence-electron chi connectivity index (χ1n) is 7.62. The SMILES string of the molecule is CCOc1ccccc1CC(CN)c1ccc2c(c1)OCO2. The van der Waals surface area contributed by atoms with Gasteiger partial charge in [-0.05, 0) is 49.2 Å². The lowest BCUT2D eigenvalue weighted by atomic mass is 9.91. The Morgan fingerprint density at radius 3 is 2.77 bits per heavy atom. The molecule has 2 aromatic rings. The molecule has 2 aromatic carbocycles. The van der Waals surface area contributed by atoms with Crippen LogP contribution in [-0.4, -0.2) is 19.9 Å². The standard InChI is InChI=1S/C18H21NO3/c1-2-20-16-6-4-3-5-14(16)9-15(11-19)13-7-8-17-18(10-13)22-12-21-17/h3-8,10,15H,2,9,11-12,19H2,1H3. The molecule has 1 unspecified atom stereocenters. The Balaban J connectivity index is 1.83. The number of nitrogens with two attached hydrogens (primary N) is 1. The van der Waals surface area contributed by atoms with E-state index < -0.39 is 0 Å². The summed E-state index contributed by atoms with van der Waals surface area (Å²) in [6.45, 7) is 3.52. The van der Waals surface area contributed by atoms with Crippen LogP contribution in [0.5, 0.6) is 17.2 Å². The van der Waals surface area contributed by atoms with Crippen molar-refractivity contribution in [1.29, 1.82) is 0 Å². The lowest BCUT2D eigenvalue weighted by Crippen LogP contribution is -2.15. The van der Waals surface area contributed by atoms with E-state index in [0.29, 0.717) is 19.9 Å². The maximum absolute atomic E-state index is 6.01. The van der Waals surface area contributed by atoms with Gasteiger partial charge >= 0.3 is 0 Å². The van der Waals surface area contributed by atoms with Crippen LogP contribution in [0.2, 0.25) is 0 Å². The number of para-hydroxylation sites is 1. The van der Waals surface area contributed by atoms with Gasteiger partial charge in [-0.25, -0.2) is 0 Å². The van der Waals surface area contributed by atoms with E-state index in [4.69, 9.17) is 19.9 Å². The zero-order valence-electron chi connectivity index (χ0n) is 12.7. The third-order valence-electron chi connectivity index (χ3n) is 3.89. The van der Waals surface area contributed by atoms with Crippen molar-refractivity contribution in [2.75, 3.05) is 19.9 Å². The molecule has 1 aliphatic rings. The zero-order valence-corrected chi connectivity index (χ0v) is 12.7. The van der Waals surface area contributed by atoms with Gasteiger partial charge in [-0.15, -0.1) is 0 Å². The van der Waals surface area contributed by atoms with Crippen molar-refractivity contribution in [2.24, 2.45) is 5.73 Å². The highest BCUT2D eigenvalue weighted by Crippen LogP contribution is 2.35. The lowest BCUT2D eigenvalue weighted by molar-refractivity contribution is 0.174. The summed E-state index contributed by atoms with van der Waals surface area (Å²) in [5.74, 6) is 2.75. The van der Waals surface area contributed by atoms with Crippen molar-refractivity contribution in [2.45, 2.75) is 19.3 Å². The van der Waals surface area contributed by atoms with Crippen LogP contribution in [0.1, 0.15) is 24.0 Å². The molecule has 1 aliphatic heterocycles. The third kappa shape index (κ3) is 3.02. The zero-order chi connectivity index (χ0) is 15.4. The van der Waals surface area contributed by atoms with E-state index in [-0.39, 0.29) is 5.92 Å². The summed E-state index contributed by atoms with van der Waals surface area (Å²) in [7, 11) is 0. The van der Waals surface area contributed by atoms with Crippen molar-refractivity contribution < 1.29 is 14.2 Å². The Morgan fingerprint density at radius 1 is 1.14 bits per heavy atom. The van der Waals surface area contributed by atoms with Gasteiger partial charge in [-0.2, -0.15) is 0 Å². The monoisotopic (exact) mass is 299 g/mol. The van der Waals surface area contributed by atoms with E-state index in [1.165, 1.54) is 5.56 Å². The molecule has 0 aliphatic carbocycles. The predicted octanol–water partition coefficient (Wildman–Crippen LogP) is 3.10. The van der Waals surface area contributed by atoms with Crippen molar-refractivity contribution in [3.05, 3.63) is 53.6 Å². The molecule has 0 radical (unpaired) electrons. The van der Waals surface area contributed by atoms with E-state index >= 15 is 0 Å². The molecule has 1 atom stereocenters. The molecule has 0 bridgehead atoms. The topological polar surface area (TPSA) is 53.7 Å². The van der Waals surface area contributed by atoms with Crippen molar-refractivity contribution in [3.63, 3.8) is 0 Å². The van der Waals surface area contributed by atoms with E-state index in [2.05, 4.69) is 12.1 Å². The van der Waals surface area contributed by atoms with Gasteiger partial charge in [-0.1, -0.05) is 24.3 Å². The lowest BCUT2D eigenvalue weighted by Gasteiger charge is -2.18. The summed E-state index contributed by atoms with van der Waals surface area (Å²) < 4.78 is 16.5. The second-order valence-electron chi connectivity index (χ2n) is 5.29. The Hall–Kier alpha value is -2.20. The fourth-order valence-corrected chi connectivity index (χ4v) is 2.74. The van der Waals surface area contributed by atoms with Gasteiger partial charge in [0.15, 0.2) is 11.5 Å². The van der Waals surface area contributed by atoms with Crippen molar-refractivity contribution in [1.82, 2.24) is 0 Å². The Morgan fingerprint density at radius 2 is 1.95 bits per heavy atom. The minimum atomic E-state index is 0.219. The number of rotatable bonds is 6. The summed E-state index contributed by atoms with van der Waals surface area (Å²) in [5.41, 5.74) is 8.35. The van der Waals surface area contributed by atoms with E-state index in [0.717, 1.165) is 29.2 Å². The molecule has 4 nitrogen and oxygen atoms in total. The average molecular weight is 299 g/mol. The van der Waals surface area contributed by atoms with Gasteiger partial charge in [0, 0.05) is 5.92 Å². The molecule has 3 rings (SSSR count). The molecule has 0 saturated carbocycles. The fraction of sp³-hybridized carbons (Fsp3) is 0.333. The molecule has 0 amide bonds. The van der Waals surface area contributed by atoms with Crippen LogP contribution in [0.15, 0.2) is 42.5 Å². The number of hydrogen-bond donors (Lipinski definition) is 1. The van der Waals surface area contributed by atoms with Crippen LogP contribution in [0, 0.1) is 0 Å². The first-order valence-corrected chi connectivity index (χ1v) is 7.62. The maximum Gasteiger partial charge on any atom is 0.231 e. The van der Waals surface area contributed by atoms with Crippen LogP contribution >= 0.6 is 0 Å². The van der Waals surface area contributed by atoms with Crippen molar-refractivity contribution in [3.8, 4) is 17.2 Å². The van der Waals surface area contributed by atoms with Crippen LogP contribution in [0.3, 0.4) is 0 Å². The van der Waals surface area contributed by atoms with Gasteiger partial charge in [0.05, 0.1) is 6.61 Å². The van der Waals surface area contributed by atoms with Gasteiger partial charge < -0.3 is 19.9 Å². The molecule has 22 heavy (non-hydrogen) atoms. The first-order chi connectivity index (χ1) is 10.8. The van der Waals surface area contributed by atoms with Gasteiger partial charge in [0.2, 0.25) is 6.79 Å². The molecule has 116 valence electrons. The largest absolute Gasteiger partial charge is 0.494 e. The fourth-order valence-electron chi connectivity index (χ4n) is 2.74. The summed E-state index contributed by atoms with van der Waals surface area (Å²) >= 11 is 0. The maximum atomic E-state index is 6.01. The molecule has 0 aromatic heterocycles. The number of benzene rings is 2. The summed E-state index contributed by atoms with van der Waals surface area (Å²) in [6.07, 6.45) is 0.840. The van der Waals surface area contributed by atoms with Crippen LogP contribution in [0.4, 0.5) is 0 Å². The molecular formula is C18H21NO3. The Labute approximate surface area is 130 Å². The molecule has 1 heterocycles. The normalized spacial score (nSPS) is 13.9. The highest BCUT2D eigenvalue weighted by molar-refractivity contribution is 5.46. The molecule has 4 heteroatoms. The molecule has 0 saturated heterocycles. The first kappa shape index (κ1) is 14.7. The van der Waals surface area contributed by atoms with Gasteiger partial charge in [0.25, 0.3) is 0 Å². The number of fused-ring (bicyclic) bond motifs is 1. The molecule has 0 spiro atoms. The summed E-state index contributed by atoms with van der Waals surface area (Å²) in [5, 5.41) is 0. The Kier molecular flexibility index (Phi) is 4.49. The van der Waals surface area contributed by atoms with Gasteiger partial charge in [-0.3, -0.25) is 0 Å². The third-order valence-corrected chi connectivity index (χ3v) is 3.89. The van der Waals surface area contributed by atoms with E-state index in [9.17, 15) is 0 Å². The van der Waals surface area contributed by atoms with E-state index in [1.54, 1.807) is 0 Å². The second kappa shape index (κ2) is 6.71. The van der Waals surface area contributed by atoms with Gasteiger partial charge in [0.1, 0.15) is 5.75 Å². The van der Waals surface area contributed by atoms with Crippen LogP contribution in [-0.2, 0) is 6.42 Å². The summed E-state index contributed by atoms with van der Waals surface area (Å²) in [6, 6.07) is 14.2. The van der Waals surface area contributed by atoms with Crippen molar-refractivity contribution >= 4 is 0 Å². The number of ether oxygens (including phenoxy) is 3. The van der Waals surface area contributed by atoms with E-state index in [1.807, 2.05) is 37.3 Å². The quantitative estimate of drug-likeness (QED) is 0.890. The molecular weight excluding hydrogens is 278 g/mol. The number of hydrogen-bond acceptors (Lipinski definition) is 4. The average Bonchev–Trinajstić information content (AvgIpc) is 3.02. The Bertz CT molecular complexity index is 642. The molecule has 0 fully saturated rings. The highest BCUT2D eigenvalue weighted by atomic mass is 16.7. The molecule has 2 N–H and O–H groups in total. The van der Waals surface area contributed by atoms with Crippen LogP contribution < -0.4 is 19.9 Å². The van der Waals surface area contributed by atoms with Crippen LogP contribution in [0.25, 0.3) is 0 Å². The minimum absolute atomic E-state index is 0.219.